The van der Waals surface area contributed by atoms with Crippen molar-refractivity contribution in [3.63, 3.8) is 0 Å². The van der Waals surface area contributed by atoms with Crippen molar-refractivity contribution >= 4 is 34.5 Å². The summed E-state index contributed by atoms with van der Waals surface area (Å²) in [5, 5.41) is 3.75. The first-order valence-electron chi connectivity index (χ1n) is 8.42. The molecule has 0 saturated heterocycles. The van der Waals surface area contributed by atoms with E-state index in [9.17, 15) is 9.59 Å². The van der Waals surface area contributed by atoms with E-state index >= 15 is 0 Å². The van der Waals surface area contributed by atoms with Crippen LogP contribution in [0.1, 0.15) is 5.76 Å². The second kappa shape index (κ2) is 8.23. The lowest BCUT2D eigenvalue weighted by Crippen LogP contribution is -2.27. The van der Waals surface area contributed by atoms with E-state index in [0.29, 0.717) is 17.2 Å². The van der Waals surface area contributed by atoms with Crippen LogP contribution in [0.25, 0.3) is 17.0 Å². The van der Waals surface area contributed by atoms with Gasteiger partial charge in [-0.05, 0) is 42.5 Å². The molecule has 1 N–H and O–H groups in total. The number of amides is 2. The number of nitrogens with one attached hydrogen (secondary N) is 1. The summed E-state index contributed by atoms with van der Waals surface area (Å²) < 4.78 is 11.0. The molecule has 3 rings (SSSR count). The molecule has 0 spiro atoms. The van der Waals surface area contributed by atoms with Gasteiger partial charge >= 0.3 is 0 Å². The predicted octanol–water partition coefficient (Wildman–Crippen LogP) is 3.55. The zero-order valence-electron chi connectivity index (χ0n) is 15.1. The van der Waals surface area contributed by atoms with Gasteiger partial charge in [0.25, 0.3) is 5.91 Å². The highest BCUT2D eigenvalue weighted by Crippen LogP contribution is 2.20. The molecule has 0 saturated carbocycles. The number of likely N-dealkylation sites (N-methyl/N-ethyl adjacent to an activating group) is 1. The van der Waals surface area contributed by atoms with Crippen LogP contribution in [-0.2, 0) is 9.59 Å². The number of carbonyl (C=O) groups excluding carboxylic acids is 2. The third-order valence-electron chi connectivity index (χ3n) is 3.83. The standard InChI is InChI=1S/C21H20N2O4/c1-23(2)21(25)14-26-17-9-7-16(8-10-17)22-20(24)12-11-18-13-15-5-3-4-6-19(15)27-18/h3-13H,14H2,1-2H3,(H,22,24)/b12-11+. The Labute approximate surface area is 157 Å². The lowest BCUT2D eigenvalue weighted by molar-refractivity contribution is -0.130. The molecule has 0 aliphatic carbocycles. The van der Waals surface area contributed by atoms with Crippen molar-refractivity contribution < 1.29 is 18.7 Å². The van der Waals surface area contributed by atoms with Gasteiger partial charge in [0.1, 0.15) is 17.1 Å². The van der Waals surface area contributed by atoms with Gasteiger partial charge in [-0.2, -0.15) is 0 Å². The van der Waals surface area contributed by atoms with E-state index in [-0.39, 0.29) is 18.4 Å². The Balaban J connectivity index is 1.55. The Morgan fingerprint density at radius 2 is 1.85 bits per heavy atom. The van der Waals surface area contributed by atoms with E-state index in [1.807, 2.05) is 30.3 Å². The van der Waals surface area contributed by atoms with Crippen LogP contribution in [0.5, 0.6) is 5.75 Å². The summed E-state index contributed by atoms with van der Waals surface area (Å²) >= 11 is 0. The average Bonchev–Trinajstić information content (AvgIpc) is 3.08. The maximum Gasteiger partial charge on any atom is 0.259 e. The highest BCUT2D eigenvalue weighted by Gasteiger charge is 2.05. The van der Waals surface area contributed by atoms with E-state index in [1.54, 1.807) is 44.4 Å². The van der Waals surface area contributed by atoms with Gasteiger partial charge < -0.3 is 19.4 Å². The van der Waals surface area contributed by atoms with Crippen molar-refractivity contribution in [1.29, 1.82) is 0 Å². The summed E-state index contributed by atoms with van der Waals surface area (Å²) in [6.45, 7) is -0.0288. The van der Waals surface area contributed by atoms with Crippen molar-refractivity contribution in [3.05, 3.63) is 66.4 Å². The number of hydrogen-bond acceptors (Lipinski definition) is 4. The zero-order chi connectivity index (χ0) is 19.2. The van der Waals surface area contributed by atoms with Gasteiger partial charge in [0.2, 0.25) is 5.91 Å². The molecular formula is C21H20N2O4. The quantitative estimate of drug-likeness (QED) is 0.679. The monoisotopic (exact) mass is 364 g/mol. The molecule has 0 unspecified atom stereocenters. The average molecular weight is 364 g/mol. The molecule has 0 fully saturated rings. The van der Waals surface area contributed by atoms with E-state index in [1.165, 1.54) is 11.0 Å². The maximum atomic E-state index is 12.1. The largest absolute Gasteiger partial charge is 0.484 e. The summed E-state index contributed by atoms with van der Waals surface area (Å²) in [5.74, 6) is 0.775. The first-order chi connectivity index (χ1) is 13.0. The zero-order valence-corrected chi connectivity index (χ0v) is 15.1. The smallest absolute Gasteiger partial charge is 0.259 e. The first-order valence-corrected chi connectivity index (χ1v) is 8.42. The third-order valence-corrected chi connectivity index (χ3v) is 3.83. The van der Waals surface area contributed by atoms with E-state index in [4.69, 9.17) is 9.15 Å². The molecule has 0 atom stereocenters. The van der Waals surface area contributed by atoms with Gasteiger partial charge in [-0.25, -0.2) is 0 Å². The number of nitrogens with zero attached hydrogens (tertiary/aromatic N) is 1. The number of para-hydroxylation sites is 1. The molecule has 1 aromatic heterocycles. The number of ether oxygens (including phenoxy) is 1. The fourth-order valence-electron chi connectivity index (χ4n) is 2.33. The molecule has 0 aliphatic heterocycles. The van der Waals surface area contributed by atoms with Crippen LogP contribution in [0.15, 0.2) is 65.1 Å². The summed E-state index contributed by atoms with van der Waals surface area (Å²) in [5.41, 5.74) is 1.40. The minimum atomic E-state index is -0.271. The topological polar surface area (TPSA) is 71.8 Å². The van der Waals surface area contributed by atoms with Gasteiger partial charge in [0.15, 0.2) is 6.61 Å². The van der Waals surface area contributed by atoms with Gasteiger partial charge in [-0.3, -0.25) is 9.59 Å². The first kappa shape index (κ1) is 18.3. The molecule has 0 radical (unpaired) electrons. The van der Waals surface area contributed by atoms with Crippen LogP contribution < -0.4 is 10.1 Å². The van der Waals surface area contributed by atoms with E-state index < -0.39 is 0 Å². The van der Waals surface area contributed by atoms with Gasteiger partial charge in [0.05, 0.1) is 0 Å². The number of fused-ring (bicyclic) bond motifs is 1. The predicted molar refractivity (Wildman–Crippen MR) is 105 cm³/mol. The Kier molecular flexibility index (Phi) is 5.56. The molecule has 0 aliphatic rings. The molecule has 2 amide bonds. The van der Waals surface area contributed by atoms with Crippen LogP contribution >= 0.6 is 0 Å². The van der Waals surface area contributed by atoms with Crippen LogP contribution in [0, 0.1) is 0 Å². The Hall–Kier alpha value is -3.54. The van der Waals surface area contributed by atoms with Crippen LogP contribution in [0.3, 0.4) is 0 Å². The van der Waals surface area contributed by atoms with Crippen LogP contribution in [-0.4, -0.2) is 37.4 Å². The minimum absolute atomic E-state index is 0.0288. The molecule has 6 nitrogen and oxygen atoms in total. The number of hydrogen-bond donors (Lipinski definition) is 1. The number of carbonyl (C=O) groups is 2. The van der Waals surface area contributed by atoms with Crippen molar-refractivity contribution in [2.24, 2.45) is 0 Å². The van der Waals surface area contributed by atoms with Crippen LogP contribution in [0.4, 0.5) is 5.69 Å². The second-order valence-corrected chi connectivity index (χ2v) is 6.11. The fraction of sp³-hybridized carbons (Fsp3) is 0.143. The Bertz CT molecular complexity index is 938. The SMILES string of the molecule is CN(C)C(=O)COc1ccc(NC(=O)/C=C/c2cc3ccccc3o2)cc1. The van der Waals surface area contributed by atoms with Gasteiger partial charge in [-0.15, -0.1) is 0 Å². The number of furan rings is 1. The normalized spacial score (nSPS) is 10.9. The Morgan fingerprint density at radius 3 is 2.56 bits per heavy atom. The van der Waals surface area contributed by atoms with Crippen molar-refractivity contribution in [2.45, 2.75) is 0 Å². The third kappa shape index (κ3) is 4.98. The minimum Gasteiger partial charge on any atom is -0.484 e. The van der Waals surface area contributed by atoms with E-state index in [0.717, 1.165) is 11.0 Å². The molecule has 3 aromatic rings. The van der Waals surface area contributed by atoms with Crippen molar-refractivity contribution in [2.75, 3.05) is 26.0 Å². The molecular weight excluding hydrogens is 344 g/mol. The van der Waals surface area contributed by atoms with Gasteiger partial charge in [-0.1, -0.05) is 18.2 Å². The summed E-state index contributed by atoms with van der Waals surface area (Å²) in [6.07, 6.45) is 3.04. The summed E-state index contributed by atoms with van der Waals surface area (Å²) in [4.78, 5) is 25.0. The van der Waals surface area contributed by atoms with Crippen LogP contribution in [0.2, 0.25) is 0 Å². The van der Waals surface area contributed by atoms with Crippen molar-refractivity contribution in [3.8, 4) is 5.75 Å². The van der Waals surface area contributed by atoms with Gasteiger partial charge in [0, 0.05) is 31.2 Å². The maximum absolute atomic E-state index is 12.1. The molecule has 6 heteroatoms. The molecule has 1 heterocycles. The molecule has 27 heavy (non-hydrogen) atoms. The molecule has 0 bridgehead atoms. The fourth-order valence-corrected chi connectivity index (χ4v) is 2.33. The summed E-state index contributed by atoms with van der Waals surface area (Å²) in [6, 6.07) is 16.3. The highest BCUT2D eigenvalue weighted by molar-refractivity contribution is 6.02. The molecule has 2 aromatic carbocycles. The number of rotatable bonds is 6. The molecule has 138 valence electrons. The lowest BCUT2D eigenvalue weighted by atomic mass is 10.2. The lowest BCUT2D eigenvalue weighted by Gasteiger charge is -2.11. The number of anilines is 1. The van der Waals surface area contributed by atoms with Crippen molar-refractivity contribution in [1.82, 2.24) is 4.90 Å². The number of benzene rings is 2. The second-order valence-electron chi connectivity index (χ2n) is 6.11. The highest BCUT2D eigenvalue weighted by atomic mass is 16.5. The summed E-state index contributed by atoms with van der Waals surface area (Å²) in [7, 11) is 3.34. The Morgan fingerprint density at radius 1 is 1.11 bits per heavy atom. The van der Waals surface area contributed by atoms with E-state index in [2.05, 4.69) is 5.32 Å².